The van der Waals surface area contributed by atoms with Gasteiger partial charge in [0.2, 0.25) is 0 Å². The van der Waals surface area contributed by atoms with Crippen molar-refractivity contribution in [2.75, 3.05) is 32.8 Å². The van der Waals surface area contributed by atoms with Crippen molar-refractivity contribution in [3.63, 3.8) is 0 Å². The van der Waals surface area contributed by atoms with Gasteiger partial charge in [0.15, 0.2) is 0 Å². The van der Waals surface area contributed by atoms with Crippen LogP contribution in [0.15, 0.2) is 0 Å². The molecule has 0 aromatic carbocycles. The first-order chi connectivity index (χ1) is 7.36. The molecule has 0 heterocycles. The Kier molecular flexibility index (Phi) is 6.98. The first-order valence-electron chi connectivity index (χ1n) is 6.43. The average Bonchev–Trinajstić information content (AvgIpc) is 2.29. The first-order valence-corrected chi connectivity index (χ1v) is 6.43. The first kappa shape index (κ1) is 12.9. The molecule has 0 aromatic heterocycles. The summed E-state index contributed by atoms with van der Waals surface area (Å²) in [6.45, 7) is 6.40. The number of aliphatic hydroxyl groups is 1. The summed E-state index contributed by atoms with van der Waals surface area (Å²) in [4.78, 5) is 2.29. The minimum Gasteiger partial charge on any atom is -0.395 e. The highest BCUT2D eigenvalue weighted by atomic mass is 16.3. The lowest BCUT2D eigenvalue weighted by Gasteiger charge is -2.25. The minimum absolute atomic E-state index is 0.275. The van der Waals surface area contributed by atoms with Crippen molar-refractivity contribution in [2.24, 2.45) is 0 Å². The minimum atomic E-state index is 0.275. The Hall–Kier alpha value is -0.120. The highest BCUT2D eigenvalue weighted by molar-refractivity contribution is 4.72. The zero-order valence-electron chi connectivity index (χ0n) is 10.0. The number of nitrogens with one attached hydrogen (secondary N) is 1. The quantitative estimate of drug-likeness (QED) is 0.669. The molecule has 0 atom stereocenters. The van der Waals surface area contributed by atoms with Gasteiger partial charge in [-0.3, -0.25) is 0 Å². The molecule has 1 aliphatic carbocycles. The summed E-state index contributed by atoms with van der Waals surface area (Å²) in [5.74, 6) is 0. The van der Waals surface area contributed by atoms with E-state index >= 15 is 0 Å². The Labute approximate surface area is 93.9 Å². The smallest absolute Gasteiger partial charge is 0.0558 e. The van der Waals surface area contributed by atoms with Crippen LogP contribution < -0.4 is 5.32 Å². The Morgan fingerprint density at radius 3 is 2.53 bits per heavy atom. The molecule has 0 spiro atoms. The Morgan fingerprint density at radius 1 is 1.20 bits per heavy atom. The second-order valence-electron chi connectivity index (χ2n) is 4.45. The maximum Gasteiger partial charge on any atom is 0.0558 e. The summed E-state index contributed by atoms with van der Waals surface area (Å²) in [6, 6.07) is 0.756. The SMILES string of the molecule is CCN(CCO)CCNC1CCCCC1. The summed E-state index contributed by atoms with van der Waals surface area (Å²) >= 11 is 0. The van der Waals surface area contributed by atoms with E-state index in [1.807, 2.05) is 0 Å². The van der Waals surface area contributed by atoms with Crippen molar-refractivity contribution < 1.29 is 5.11 Å². The van der Waals surface area contributed by atoms with Gasteiger partial charge in [-0.1, -0.05) is 26.2 Å². The van der Waals surface area contributed by atoms with Gasteiger partial charge in [0.05, 0.1) is 6.61 Å². The van der Waals surface area contributed by atoms with Crippen LogP contribution in [0, 0.1) is 0 Å². The third-order valence-electron chi connectivity index (χ3n) is 3.33. The summed E-state index contributed by atoms with van der Waals surface area (Å²) in [7, 11) is 0. The number of aliphatic hydroxyl groups excluding tert-OH is 1. The largest absolute Gasteiger partial charge is 0.395 e. The van der Waals surface area contributed by atoms with Crippen molar-refractivity contribution in [2.45, 2.75) is 45.1 Å². The molecule has 1 fully saturated rings. The number of nitrogens with zero attached hydrogens (tertiary/aromatic N) is 1. The lowest BCUT2D eigenvalue weighted by Crippen LogP contribution is -2.39. The predicted octanol–water partition coefficient (Wildman–Crippen LogP) is 1.22. The molecule has 0 unspecified atom stereocenters. The zero-order chi connectivity index (χ0) is 10.9. The second-order valence-corrected chi connectivity index (χ2v) is 4.45. The molecule has 2 N–H and O–H groups in total. The van der Waals surface area contributed by atoms with Crippen LogP contribution in [0.4, 0.5) is 0 Å². The summed E-state index contributed by atoms with van der Waals surface area (Å²) < 4.78 is 0. The standard InChI is InChI=1S/C12H26N2O/c1-2-14(10-11-15)9-8-13-12-6-4-3-5-7-12/h12-13,15H,2-11H2,1H3. The van der Waals surface area contributed by atoms with E-state index in [0.717, 1.165) is 32.2 Å². The van der Waals surface area contributed by atoms with Crippen LogP contribution in [-0.2, 0) is 0 Å². The predicted molar refractivity (Wildman–Crippen MR) is 64.1 cm³/mol. The molecule has 0 bridgehead atoms. The molecular formula is C12H26N2O. The van der Waals surface area contributed by atoms with Crippen molar-refractivity contribution in [3.8, 4) is 0 Å². The van der Waals surface area contributed by atoms with Crippen molar-refractivity contribution in [1.29, 1.82) is 0 Å². The fourth-order valence-electron chi connectivity index (χ4n) is 2.30. The summed E-state index contributed by atoms with van der Waals surface area (Å²) in [5, 5.41) is 12.5. The number of hydrogen-bond acceptors (Lipinski definition) is 3. The van der Waals surface area contributed by atoms with Crippen molar-refractivity contribution in [1.82, 2.24) is 10.2 Å². The molecule has 0 aliphatic heterocycles. The van der Waals surface area contributed by atoms with Gasteiger partial charge in [0.1, 0.15) is 0 Å². The van der Waals surface area contributed by atoms with Gasteiger partial charge in [-0.2, -0.15) is 0 Å². The fourth-order valence-corrected chi connectivity index (χ4v) is 2.30. The monoisotopic (exact) mass is 214 g/mol. The number of likely N-dealkylation sites (N-methyl/N-ethyl adjacent to an activating group) is 1. The van der Waals surface area contributed by atoms with E-state index < -0.39 is 0 Å². The number of rotatable bonds is 7. The molecule has 1 rings (SSSR count). The molecule has 0 aromatic rings. The van der Waals surface area contributed by atoms with Crippen LogP contribution in [0.1, 0.15) is 39.0 Å². The van der Waals surface area contributed by atoms with Crippen LogP contribution in [0.2, 0.25) is 0 Å². The highest BCUT2D eigenvalue weighted by Gasteiger charge is 2.12. The van der Waals surface area contributed by atoms with E-state index in [1.165, 1.54) is 32.1 Å². The van der Waals surface area contributed by atoms with E-state index in [0.29, 0.717) is 0 Å². The summed E-state index contributed by atoms with van der Waals surface area (Å²) in [6.07, 6.45) is 6.92. The van der Waals surface area contributed by atoms with Crippen LogP contribution in [0.3, 0.4) is 0 Å². The van der Waals surface area contributed by atoms with Gasteiger partial charge in [-0.15, -0.1) is 0 Å². The average molecular weight is 214 g/mol. The lowest BCUT2D eigenvalue weighted by atomic mass is 9.95. The normalized spacial score (nSPS) is 18.6. The Bertz CT molecular complexity index is 142. The van der Waals surface area contributed by atoms with Gasteiger partial charge < -0.3 is 15.3 Å². The van der Waals surface area contributed by atoms with E-state index in [4.69, 9.17) is 5.11 Å². The maximum absolute atomic E-state index is 8.85. The Balaban J connectivity index is 2.03. The lowest BCUT2D eigenvalue weighted by molar-refractivity contribution is 0.199. The highest BCUT2D eigenvalue weighted by Crippen LogP contribution is 2.16. The van der Waals surface area contributed by atoms with Crippen molar-refractivity contribution >= 4 is 0 Å². The molecule has 0 amide bonds. The molecule has 1 aliphatic rings. The van der Waals surface area contributed by atoms with Gasteiger partial charge in [0.25, 0.3) is 0 Å². The maximum atomic E-state index is 8.85. The van der Waals surface area contributed by atoms with Crippen LogP contribution in [-0.4, -0.2) is 48.8 Å². The molecule has 0 saturated heterocycles. The van der Waals surface area contributed by atoms with Gasteiger partial charge in [-0.05, 0) is 19.4 Å². The van der Waals surface area contributed by atoms with Crippen LogP contribution in [0.5, 0.6) is 0 Å². The van der Waals surface area contributed by atoms with Gasteiger partial charge in [-0.25, -0.2) is 0 Å². The van der Waals surface area contributed by atoms with E-state index in [-0.39, 0.29) is 6.61 Å². The second kappa shape index (κ2) is 8.08. The molecule has 3 nitrogen and oxygen atoms in total. The molecule has 90 valence electrons. The molecular weight excluding hydrogens is 188 g/mol. The number of hydrogen-bond donors (Lipinski definition) is 2. The molecule has 1 saturated carbocycles. The fraction of sp³-hybridized carbons (Fsp3) is 1.00. The zero-order valence-corrected chi connectivity index (χ0v) is 10.0. The molecule has 3 heteroatoms. The van der Waals surface area contributed by atoms with Crippen molar-refractivity contribution in [3.05, 3.63) is 0 Å². The van der Waals surface area contributed by atoms with E-state index in [1.54, 1.807) is 0 Å². The van der Waals surface area contributed by atoms with Crippen LogP contribution >= 0.6 is 0 Å². The van der Waals surface area contributed by atoms with Gasteiger partial charge in [0, 0.05) is 25.7 Å². The summed E-state index contributed by atoms with van der Waals surface area (Å²) in [5.41, 5.74) is 0. The molecule has 15 heavy (non-hydrogen) atoms. The topological polar surface area (TPSA) is 35.5 Å². The van der Waals surface area contributed by atoms with E-state index in [9.17, 15) is 0 Å². The third-order valence-corrected chi connectivity index (χ3v) is 3.33. The van der Waals surface area contributed by atoms with E-state index in [2.05, 4.69) is 17.1 Å². The third kappa shape index (κ3) is 5.50. The van der Waals surface area contributed by atoms with Crippen LogP contribution in [0.25, 0.3) is 0 Å². The Morgan fingerprint density at radius 2 is 1.93 bits per heavy atom. The molecule has 0 radical (unpaired) electrons. The van der Waals surface area contributed by atoms with Gasteiger partial charge >= 0.3 is 0 Å².